The Morgan fingerprint density at radius 2 is 2.07 bits per heavy atom. The first-order valence-corrected chi connectivity index (χ1v) is 10.6. The molecule has 0 N–H and O–H groups in total. The van der Waals surface area contributed by atoms with Crippen molar-refractivity contribution < 1.29 is 0 Å². The van der Waals surface area contributed by atoms with Crippen LogP contribution in [-0.4, -0.2) is 26.0 Å². The van der Waals surface area contributed by atoms with Gasteiger partial charge in [0.1, 0.15) is 5.01 Å². The van der Waals surface area contributed by atoms with Crippen molar-refractivity contribution in [3.63, 3.8) is 0 Å². The summed E-state index contributed by atoms with van der Waals surface area (Å²) in [6, 6.07) is 14.7. The molecule has 5 rings (SSSR count). The maximum absolute atomic E-state index is 12.4. The van der Waals surface area contributed by atoms with Gasteiger partial charge in [0.2, 0.25) is 4.96 Å². The molecular weight excluding hydrogens is 376 g/mol. The summed E-state index contributed by atoms with van der Waals surface area (Å²) < 4.78 is 1.39. The summed E-state index contributed by atoms with van der Waals surface area (Å²) in [4.78, 5) is 21.7. The lowest BCUT2D eigenvalue weighted by Crippen LogP contribution is -2.35. The summed E-state index contributed by atoms with van der Waals surface area (Å²) in [5.41, 5.74) is 3.36. The summed E-state index contributed by atoms with van der Waals surface area (Å²) in [6.07, 6.45) is 1.04. The topological polar surface area (TPSA) is 50.5 Å². The van der Waals surface area contributed by atoms with E-state index < -0.39 is 0 Å². The molecule has 1 aliphatic rings. The lowest BCUT2D eigenvalue weighted by molar-refractivity contribution is 0.204. The highest BCUT2D eigenvalue weighted by atomic mass is 32.1. The van der Waals surface area contributed by atoms with Crippen molar-refractivity contribution in [1.82, 2.24) is 19.5 Å². The fourth-order valence-electron chi connectivity index (χ4n) is 3.81. The average molecular weight is 395 g/mol. The van der Waals surface area contributed by atoms with E-state index in [1.807, 2.05) is 24.3 Å². The Morgan fingerprint density at radius 3 is 2.93 bits per heavy atom. The second-order valence-corrected chi connectivity index (χ2v) is 8.89. The minimum absolute atomic E-state index is 0.108. The maximum atomic E-state index is 12.4. The summed E-state index contributed by atoms with van der Waals surface area (Å²) in [6.45, 7) is 3.50. The fourth-order valence-corrected chi connectivity index (χ4v) is 5.48. The van der Waals surface area contributed by atoms with Crippen LogP contribution >= 0.6 is 22.7 Å². The Labute approximate surface area is 164 Å². The van der Waals surface area contributed by atoms with Crippen molar-refractivity contribution in [2.75, 3.05) is 6.54 Å². The third-order valence-electron chi connectivity index (χ3n) is 4.95. The molecule has 0 fully saturated rings. The van der Waals surface area contributed by atoms with Crippen LogP contribution in [0.25, 0.3) is 4.96 Å². The van der Waals surface area contributed by atoms with Gasteiger partial charge < -0.3 is 0 Å². The minimum Gasteiger partial charge on any atom is -0.286 e. The number of hydrogen-bond acceptors (Lipinski definition) is 6. The van der Waals surface area contributed by atoms with Crippen LogP contribution in [0.3, 0.4) is 0 Å². The van der Waals surface area contributed by atoms with Crippen LogP contribution in [0.15, 0.2) is 52.6 Å². The first-order chi connectivity index (χ1) is 13.2. The van der Waals surface area contributed by atoms with Gasteiger partial charge in [-0.3, -0.25) is 9.69 Å². The highest BCUT2D eigenvalue weighted by molar-refractivity contribution is 7.16. The summed E-state index contributed by atoms with van der Waals surface area (Å²) in [5, 5.41) is 7.26. The molecule has 1 atom stereocenters. The Bertz CT molecular complexity index is 1160. The molecule has 4 aromatic rings. The van der Waals surface area contributed by atoms with E-state index >= 15 is 0 Å². The van der Waals surface area contributed by atoms with E-state index in [-0.39, 0.29) is 11.6 Å². The number of thiophene rings is 1. The maximum Gasteiger partial charge on any atom is 0.275 e. The standard InChI is InChI=1S/C20H18N4OS2/c1-13-22-24-18(25)11-15(21-20(24)27-13)12-23-9-7-17-16(8-10-26-17)19(23)14-5-3-2-4-6-14/h2-6,8,10-11,19H,7,9,12H2,1H3/t19-/m0/s1. The van der Waals surface area contributed by atoms with E-state index in [2.05, 4.69) is 45.7 Å². The number of aryl methyl sites for hydroxylation is 1. The van der Waals surface area contributed by atoms with Gasteiger partial charge in [0.25, 0.3) is 5.56 Å². The molecule has 0 unspecified atom stereocenters. The van der Waals surface area contributed by atoms with E-state index in [9.17, 15) is 4.79 Å². The third-order valence-corrected chi connectivity index (χ3v) is 6.77. The Balaban J connectivity index is 1.55. The van der Waals surface area contributed by atoms with Crippen LogP contribution < -0.4 is 5.56 Å². The molecule has 7 heteroatoms. The number of nitrogens with zero attached hydrogens (tertiary/aromatic N) is 4. The monoisotopic (exact) mass is 394 g/mol. The lowest BCUT2D eigenvalue weighted by atomic mass is 9.93. The molecule has 0 saturated heterocycles. The van der Waals surface area contributed by atoms with Crippen molar-refractivity contribution in [2.45, 2.75) is 25.9 Å². The van der Waals surface area contributed by atoms with E-state index in [1.165, 1.54) is 31.9 Å². The van der Waals surface area contributed by atoms with Gasteiger partial charge in [0.05, 0.1) is 11.7 Å². The van der Waals surface area contributed by atoms with Gasteiger partial charge in [-0.15, -0.1) is 11.3 Å². The SMILES string of the molecule is Cc1nn2c(=O)cc(CN3CCc4sccc4[C@@H]3c3ccccc3)nc2s1. The predicted octanol–water partition coefficient (Wildman–Crippen LogP) is 3.67. The van der Waals surface area contributed by atoms with Crippen molar-refractivity contribution in [2.24, 2.45) is 0 Å². The predicted molar refractivity (Wildman–Crippen MR) is 109 cm³/mol. The molecule has 0 spiro atoms. The zero-order chi connectivity index (χ0) is 18.4. The largest absolute Gasteiger partial charge is 0.286 e. The Kier molecular flexibility index (Phi) is 4.15. The molecule has 136 valence electrons. The van der Waals surface area contributed by atoms with E-state index in [4.69, 9.17) is 4.98 Å². The van der Waals surface area contributed by atoms with Crippen LogP contribution in [-0.2, 0) is 13.0 Å². The summed E-state index contributed by atoms with van der Waals surface area (Å²) >= 11 is 3.29. The van der Waals surface area contributed by atoms with Gasteiger partial charge in [-0.05, 0) is 35.9 Å². The lowest BCUT2D eigenvalue weighted by Gasteiger charge is -2.36. The fraction of sp³-hybridized carbons (Fsp3) is 0.250. The van der Waals surface area contributed by atoms with Crippen LogP contribution in [0, 0.1) is 6.92 Å². The molecule has 27 heavy (non-hydrogen) atoms. The third kappa shape index (κ3) is 3.01. The molecule has 1 aromatic carbocycles. The summed E-state index contributed by atoms with van der Waals surface area (Å²) in [5.74, 6) is 0. The van der Waals surface area contributed by atoms with Crippen molar-refractivity contribution in [1.29, 1.82) is 0 Å². The molecule has 0 aliphatic carbocycles. The first-order valence-electron chi connectivity index (χ1n) is 8.91. The number of rotatable bonds is 3. The molecule has 0 bridgehead atoms. The summed E-state index contributed by atoms with van der Waals surface area (Å²) in [7, 11) is 0. The van der Waals surface area contributed by atoms with E-state index in [0.29, 0.717) is 11.5 Å². The molecule has 1 aliphatic heterocycles. The number of aromatic nitrogens is 3. The second-order valence-electron chi connectivity index (χ2n) is 6.73. The zero-order valence-corrected chi connectivity index (χ0v) is 16.5. The van der Waals surface area contributed by atoms with Gasteiger partial charge in [-0.25, -0.2) is 4.98 Å². The first kappa shape index (κ1) is 16.8. The van der Waals surface area contributed by atoms with E-state index in [0.717, 1.165) is 23.7 Å². The highest BCUT2D eigenvalue weighted by Crippen LogP contribution is 2.38. The quantitative estimate of drug-likeness (QED) is 0.532. The average Bonchev–Trinajstić information content (AvgIpc) is 3.28. The van der Waals surface area contributed by atoms with Gasteiger partial charge in [0, 0.05) is 24.0 Å². The van der Waals surface area contributed by atoms with Gasteiger partial charge in [-0.1, -0.05) is 41.7 Å². The van der Waals surface area contributed by atoms with Crippen LogP contribution in [0.5, 0.6) is 0 Å². The number of hydrogen-bond donors (Lipinski definition) is 0. The number of fused-ring (bicyclic) bond motifs is 2. The van der Waals surface area contributed by atoms with E-state index in [1.54, 1.807) is 6.07 Å². The zero-order valence-electron chi connectivity index (χ0n) is 14.8. The van der Waals surface area contributed by atoms with Crippen molar-refractivity contribution in [3.8, 4) is 0 Å². The molecule has 4 heterocycles. The van der Waals surface area contributed by atoms with Crippen LogP contribution in [0.1, 0.15) is 32.7 Å². The Hall–Kier alpha value is -2.35. The molecule has 3 aromatic heterocycles. The van der Waals surface area contributed by atoms with Gasteiger partial charge in [-0.2, -0.15) is 9.61 Å². The molecule has 0 saturated carbocycles. The van der Waals surface area contributed by atoms with Crippen molar-refractivity contribution >= 4 is 27.6 Å². The highest BCUT2D eigenvalue weighted by Gasteiger charge is 2.30. The normalized spacial score (nSPS) is 17.3. The van der Waals surface area contributed by atoms with Crippen LogP contribution in [0.4, 0.5) is 0 Å². The molecular formula is C20H18N4OS2. The number of benzene rings is 1. The van der Waals surface area contributed by atoms with Crippen LogP contribution in [0.2, 0.25) is 0 Å². The second kappa shape index (κ2) is 6.67. The molecule has 0 radical (unpaired) electrons. The van der Waals surface area contributed by atoms with Gasteiger partial charge in [0.15, 0.2) is 0 Å². The van der Waals surface area contributed by atoms with Gasteiger partial charge >= 0.3 is 0 Å². The van der Waals surface area contributed by atoms with Crippen molar-refractivity contribution in [3.05, 3.63) is 84.9 Å². The minimum atomic E-state index is -0.108. The smallest absolute Gasteiger partial charge is 0.275 e. The Morgan fingerprint density at radius 1 is 1.22 bits per heavy atom. The molecule has 0 amide bonds. The molecule has 5 nitrogen and oxygen atoms in total.